The Labute approximate surface area is 101 Å². The van der Waals surface area contributed by atoms with Crippen molar-refractivity contribution in [2.75, 3.05) is 0 Å². The topological polar surface area (TPSA) is 157 Å². The van der Waals surface area contributed by atoms with Crippen molar-refractivity contribution in [2.24, 2.45) is 33.1 Å². The van der Waals surface area contributed by atoms with Gasteiger partial charge < -0.3 is 22.9 Å². The lowest BCUT2D eigenvalue weighted by Gasteiger charge is -1.78. The number of hydrazone groups is 2. The zero-order valence-corrected chi connectivity index (χ0v) is 9.74. The number of nitrogens with two attached hydrogens (primary N) is 4. The Morgan fingerprint density at radius 3 is 1.71 bits per heavy atom. The van der Waals surface area contributed by atoms with Crippen LogP contribution in [0.1, 0.15) is 9.75 Å². The van der Waals surface area contributed by atoms with Gasteiger partial charge in [0.2, 0.25) is 12.4 Å². The molecule has 1 heterocycles. The number of hydrogen-bond donors (Lipinski definition) is 6. The van der Waals surface area contributed by atoms with Gasteiger partial charge in [0.05, 0.1) is 9.75 Å². The summed E-state index contributed by atoms with van der Waals surface area (Å²) in [4.78, 5) is 1.90. The van der Waals surface area contributed by atoms with Crippen LogP contribution in [0, 0.1) is 0 Å². The summed E-state index contributed by atoms with van der Waals surface area (Å²) < 4.78 is 0. The first-order valence-electron chi connectivity index (χ1n) is 4.52. The lowest BCUT2D eigenvalue weighted by atomic mass is 10.4. The molecule has 1 aromatic rings. The summed E-state index contributed by atoms with van der Waals surface area (Å²) in [5.41, 5.74) is 20.6. The highest BCUT2D eigenvalue weighted by molar-refractivity contribution is 7.15. The largest absolute Gasteiger partial charge is 0.365 e. The maximum Gasteiger partial charge on any atom is 0.256 e. The van der Waals surface area contributed by atoms with Crippen molar-refractivity contribution in [2.45, 2.75) is 0 Å². The van der Waals surface area contributed by atoms with Gasteiger partial charge in [-0.15, -0.1) is 21.5 Å². The van der Waals surface area contributed by atoms with Gasteiger partial charge in [-0.05, 0) is 12.1 Å². The van der Waals surface area contributed by atoms with Gasteiger partial charge >= 0.3 is 0 Å². The minimum Gasteiger partial charge on any atom is -0.365 e. The van der Waals surface area contributed by atoms with Crippen molar-refractivity contribution in [1.82, 2.24) is 0 Å². The SMILES string of the molecule is NC(N)=N[NH+]=Cc1ccc(C=[NH+]N=C(N)N)s1. The van der Waals surface area contributed by atoms with E-state index in [1.54, 1.807) is 12.4 Å². The van der Waals surface area contributed by atoms with E-state index in [-0.39, 0.29) is 11.9 Å². The van der Waals surface area contributed by atoms with E-state index in [0.29, 0.717) is 0 Å². The van der Waals surface area contributed by atoms with Crippen LogP contribution in [0.5, 0.6) is 0 Å². The molecule has 0 amide bonds. The van der Waals surface area contributed by atoms with E-state index in [2.05, 4.69) is 20.4 Å². The maximum atomic E-state index is 5.15. The van der Waals surface area contributed by atoms with Crippen molar-refractivity contribution in [3.8, 4) is 0 Å². The van der Waals surface area contributed by atoms with Gasteiger partial charge in [-0.1, -0.05) is 0 Å². The summed E-state index contributed by atoms with van der Waals surface area (Å²) in [5.74, 6) is -0.0574. The predicted molar refractivity (Wildman–Crippen MR) is 68.2 cm³/mol. The fourth-order valence-corrected chi connectivity index (χ4v) is 1.63. The molecule has 1 aromatic heterocycles. The number of hydrogen-bond acceptors (Lipinski definition) is 3. The van der Waals surface area contributed by atoms with Crippen LogP contribution in [0.2, 0.25) is 0 Å². The number of thiophene rings is 1. The molecule has 0 aliphatic heterocycles. The van der Waals surface area contributed by atoms with Crippen molar-refractivity contribution >= 4 is 35.7 Å². The van der Waals surface area contributed by atoms with E-state index in [9.17, 15) is 0 Å². The Morgan fingerprint density at radius 1 is 0.941 bits per heavy atom. The van der Waals surface area contributed by atoms with Gasteiger partial charge in [-0.2, -0.15) is 0 Å². The number of nitrogens with zero attached hydrogens (tertiary/aromatic N) is 2. The lowest BCUT2D eigenvalue weighted by molar-refractivity contribution is -0.456. The molecule has 0 aromatic carbocycles. The molecule has 0 aliphatic rings. The Kier molecular flexibility index (Phi) is 4.63. The molecule has 17 heavy (non-hydrogen) atoms. The quantitative estimate of drug-likeness (QED) is 0.181. The number of nitrogens with one attached hydrogen (secondary N) is 2. The average Bonchev–Trinajstić information content (AvgIpc) is 2.65. The molecule has 0 radical (unpaired) electrons. The first kappa shape index (κ1) is 12.6. The van der Waals surface area contributed by atoms with E-state index >= 15 is 0 Å². The smallest absolute Gasteiger partial charge is 0.256 e. The summed E-state index contributed by atoms with van der Waals surface area (Å²) in [6, 6.07) is 3.78. The van der Waals surface area contributed by atoms with E-state index in [4.69, 9.17) is 22.9 Å². The Bertz CT molecular complexity index is 433. The summed E-state index contributed by atoms with van der Waals surface area (Å²) in [6.45, 7) is 0. The van der Waals surface area contributed by atoms with Gasteiger partial charge in [0, 0.05) is 10.2 Å². The average molecular weight is 254 g/mol. The summed E-state index contributed by atoms with van der Waals surface area (Å²) in [5, 5.41) is 12.4. The monoisotopic (exact) mass is 254 g/mol. The molecule has 9 heteroatoms. The van der Waals surface area contributed by atoms with Crippen LogP contribution in [0.4, 0.5) is 0 Å². The second-order valence-electron chi connectivity index (χ2n) is 2.86. The number of guanidine groups is 2. The Balaban J connectivity index is 2.66. The first-order chi connectivity index (χ1) is 8.08. The standard InChI is InChI=1S/C8H12N8S/c9-7(10)15-13-3-5-1-2-6(17-5)4-14-16-8(11)12/h1-4H,(H4,9,10,15)(H4,11,12,16)/p+2. The molecule has 0 atom stereocenters. The summed E-state index contributed by atoms with van der Waals surface area (Å²) in [6.07, 6.45) is 3.34. The van der Waals surface area contributed by atoms with E-state index in [1.165, 1.54) is 11.3 Å². The normalized spacial score (nSPS) is 10.8. The van der Waals surface area contributed by atoms with Gasteiger partial charge in [0.1, 0.15) is 0 Å². The lowest BCUT2D eigenvalue weighted by Crippen LogP contribution is -2.63. The van der Waals surface area contributed by atoms with Crippen molar-refractivity contribution in [3.63, 3.8) is 0 Å². The summed E-state index contributed by atoms with van der Waals surface area (Å²) >= 11 is 1.50. The van der Waals surface area contributed by atoms with Crippen LogP contribution in [-0.2, 0) is 0 Å². The zero-order valence-electron chi connectivity index (χ0n) is 8.92. The highest BCUT2D eigenvalue weighted by Crippen LogP contribution is 2.10. The van der Waals surface area contributed by atoms with E-state index < -0.39 is 0 Å². The predicted octanol–water partition coefficient (Wildman–Crippen LogP) is -4.88. The molecule has 0 unspecified atom stereocenters. The molecule has 10 N–H and O–H groups in total. The molecular weight excluding hydrogens is 240 g/mol. The van der Waals surface area contributed by atoms with Crippen molar-refractivity contribution < 1.29 is 10.2 Å². The van der Waals surface area contributed by atoms with Crippen LogP contribution < -0.4 is 33.1 Å². The third kappa shape index (κ3) is 5.28. The molecule has 8 nitrogen and oxygen atoms in total. The van der Waals surface area contributed by atoms with E-state index in [1.807, 2.05) is 12.1 Å². The maximum absolute atomic E-state index is 5.15. The molecule has 0 fully saturated rings. The first-order valence-corrected chi connectivity index (χ1v) is 5.34. The number of rotatable bonds is 4. The molecule has 0 saturated carbocycles. The Morgan fingerprint density at radius 2 is 1.35 bits per heavy atom. The van der Waals surface area contributed by atoms with Crippen LogP contribution in [0.3, 0.4) is 0 Å². The highest BCUT2D eigenvalue weighted by Gasteiger charge is 2.00. The van der Waals surface area contributed by atoms with Crippen LogP contribution in [0.25, 0.3) is 0 Å². The fraction of sp³-hybridized carbons (Fsp3) is 0. The Hall–Kier alpha value is -2.42. The third-order valence-electron chi connectivity index (χ3n) is 1.45. The third-order valence-corrected chi connectivity index (χ3v) is 2.43. The van der Waals surface area contributed by atoms with Gasteiger partial charge in [0.25, 0.3) is 11.9 Å². The minimum absolute atomic E-state index is 0.0287. The second kappa shape index (κ2) is 6.23. The molecule has 0 spiro atoms. The molecule has 1 rings (SSSR count). The minimum atomic E-state index is -0.0287. The molecule has 90 valence electrons. The second-order valence-corrected chi connectivity index (χ2v) is 4.01. The fourth-order valence-electron chi connectivity index (χ4n) is 0.864. The van der Waals surface area contributed by atoms with Gasteiger partial charge in [-0.3, -0.25) is 0 Å². The summed E-state index contributed by atoms with van der Waals surface area (Å²) in [7, 11) is 0. The molecule has 0 aliphatic carbocycles. The molecule has 0 bridgehead atoms. The van der Waals surface area contributed by atoms with E-state index in [0.717, 1.165) is 9.75 Å². The van der Waals surface area contributed by atoms with Crippen LogP contribution in [0.15, 0.2) is 22.3 Å². The van der Waals surface area contributed by atoms with Crippen LogP contribution >= 0.6 is 11.3 Å². The van der Waals surface area contributed by atoms with Crippen molar-refractivity contribution in [1.29, 1.82) is 0 Å². The van der Waals surface area contributed by atoms with Gasteiger partial charge in [-0.25, -0.2) is 0 Å². The van der Waals surface area contributed by atoms with Crippen molar-refractivity contribution in [3.05, 3.63) is 21.9 Å². The molecule has 0 saturated heterocycles. The highest BCUT2D eigenvalue weighted by atomic mass is 32.1. The van der Waals surface area contributed by atoms with Gasteiger partial charge in [0.15, 0.2) is 0 Å². The van der Waals surface area contributed by atoms with Crippen LogP contribution in [-0.4, -0.2) is 24.3 Å². The zero-order chi connectivity index (χ0) is 12.7. The molecular formula is C8H14N8S+2.